The van der Waals surface area contributed by atoms with Crippen LogP contribution in [0.1, 0.15) is 69.4 Å². The van der Waals surface area contributed by atoms with Crippen molar-refractivity contribution in [2.45, 2.75) is 69.9 Å². The van der Waals surface area contributed by atoms with Gasteiger partial charge in [0.2, 0.25) is 5.91 Å². The van der Waals surface area contributed by atoms with Gasteiger partial charge in [0, 0.05) is 18.5 Å². The summed E-state index contributed by atoms with van der Waals surface area (Å²) in [5, 5.41) is 12.1. The number of nitrogens with one attached hydrogen (secondary N) is 1. The second kappa shape index (κ2) is 10.5. The monoisotopic (exact) mass is 478 g/mol. The molecule has 2 amide bonds. The summed E-state index contributed by atoms with van der Waals surface area (Å²) in [5.74, 6) is -1.22. The molecule has 2 unspecified atom stereocenters. The maximum atomic E-state index is 13.6. The van der Waals surface area contributed by atoms with Crippen molar-refractivity contribution in [2.75, 3.05) is 13.2 Å². The van der Waals surface area contributed by atoms with Gasteiger partial charge < -0.3 is 20.1 Å². The van der Waals surface area contributed by atoms with Crippen molar-refractivity contribution < 1.29 is 24.2 Å². The molecule has 1 heterocycles. The van der Waals surface area contributed by atoms with Crippen molar-refractivity contribution in [2.24, 2.45) is 0 Å². The highest BCUT2D eigenvalue weighted by Gasteiger charge is 2.41. The van der Waals surface area contributed by atoms with Crippen molar-refractivity contribution in [1.82, 2.24) is 10.2 Å². The third kappa shape index (κ3) is 5.19. The first-order chi connectivity index (χ1) is 16.8. The quantitative estimate of drug-likeness (QED) is 0.560. The number of hydrogen-bond donors (Lipinski definition) is 2. The molecule has 2 atom stereocenters. The zero-order chi connectivity index (χ0) is 25.0. The lowest BCUT2D eigenvalue weighted by molar-refractivity contribution is -0.145. The van der Waals surface area contributed by atoms with E-state index in [9.17, 15) is 19.5 Å². The second-order valence-electron chi connectivity index (χ2n) is 9.78. The second-order valence-corrected chi connectivity index (χ2v) is 9.78. The average molecular weight is 479 g/mol. The van der Waals surface area contributed by atoms with E-state index in [1.54, 1.807) is 11.8 Å². The number of alkyl carbamates (subject to hydrolysis) is 1. The van der Waals surface area contributed by atoms with E-state index in [-0.39, 0.29) is 30.9 Å². The Bertz CT molecular complexity index is 1050. The minimum atomic E-state index is -1.16. The number of piperidine rings is 1. The van der Waals surface area contributed by atoms with Crippen LogP contribution in [-0.2, 0) is 14.3 Å². The predicted octanol–water partition coefficient (Wildman–Crippen LogP) is 4.94. The predicted molar refractivity (Wildman–Crippen MR) is 133 cm³/mol. The van der Waals surface area contributed by atoms with Gasteiger partial charge in [0.15, 0.2) is 0 Å². The lowest BCUT2D eigenvalue weighted by atomic mass is 9.90. The summed E-state index contributed by atoms with van der Waals surface area (Å²) in [5.41, 5.74) is 3.39. The van der Waals surface area contributed by atoms with Gasteiger partial charge in [0.1, 0.15) is 12.1 Å². The van der Waals surface area contributed by atoms with Crippen LogP contribution in [0.3, 0.4) is 0 Å². The molecular formula is C28H34N2O5. The van der Waals surface area contributed by atoms with Crippen LogP contribution in [0.5, 0.6) is 0 Å². The number of carbonyl (C=O) groups is 3. The van der Waals surface area contributed by atoms with Crippen molar-refractivity contribution in [3.05, 3.63) is 59.7 Å². The normalized spacial score (nSPS) is 18.8. The number of carboxylic acid groups (broad SMARTS) is 1. The van der Waals surface area contributed by atoms with Gasteiger partial charge in [-0.1, -0.05) is 61.9 Å². The van der Waals surface area contributed by atoms with Gasteiger partial charge in [-0.3, -0.25) is 9.59 Å². The molecule has 7 heteroatoms. The van der Waals surface area contributed by atoms with E-state index in [1.165, 1.54) is 0 Å². The van der Waals surface area contributed by atoms with E-state index in [0.29, 0.717) is 25.8 Å². The maximum absolute atomic E-state index is 13.6. The molecule has 2 aliphatic rings. The summed E-state index contributed by atoms with van der Waals surface area (Å²) in [6.45, 7) is 4.34. The van der Waals surface area contributed by atoms with Gasteiger partial charge in [-0.25, -0.2) is 4.79 Å². The molecular weight excluding hydrogens is 444 g/mol. The fourth-order valence-electron chi connectivity index (χ4n) is 5.58. The summed E-state index contributed by atoms with van der Waals surface area (Å²) >= 11 is 0. The summed E-state index contributed by atoms with van der Waals surface area (Å²) in [6.07, 6.45) is 2.78. The first-order valence-electron chi connectivity index (χ1n) is 12.5. The molecule has 1 aliphatic heterocycles. The van der Waals surface area contributed by atoms with Crippen LogP contribution in [-0.4, -0.2) is 52.7 Å². The zero-order valence-electron chi connectivity index (χ0n) is 20.5. The molecule has 186 valence electrons. The van der Waals surface area contributed by atoms with Crippen molar-refractivity contribution in [1.29, 1.82) is 0 Å². The Morgan fingerprint density at radius 3 is 2.29 bits per heavy atom. The number of carbonyl (C=O) groups excluding carboxylic acids is 2. The number of fused-ring (bicyclic) bond motifs is 3. The first kappa shape index (κ1) is 24.8. The van der Waals surface area contributed by atoms with Gasteiger partial charge in [-0.05, 0) is 54.9 Å². The standard InChI is InChI=1S/C28H34N2O5/c1-3-15-28(2,26(33)30-16-9-8-10-19(30)17-25(31)32)29-27(34)35-18-24-22-13-6-4-11-20(22)21-12-5-7-14-23(21)24/h4-7,11-14,19,24H,3,8-10,15-18H2,1-2H3,(H,29,34)(H,31,32). The molecule has 2 aromatic carbocycles. The highest BCUT2D eigenvalue weighted by molar-refractivity contribution is 5.90. The number of aliphatic carboxylic acids is 1. The Labute approximate surface area is 206 Å². The summed E-state index contributed by atoms with van der Waals surface area (Å²) in [6, 6.07) is 15.9. The SMILES string of the molecule is CCCC(C)(NC(=O)OCC1c2ccccc2-c2ccccc21)C(=O)N1CCCCC1CC(=O)O. The summed E-state index contributed by atoms with van der Waals surface area (Å²) in [7, 11) is 0. The van der Waals surface area contributed by atoms with Gasteiger partial charge in [0.25, 0.3) is 0 Å². The molecule has 0 aromatic heterocycles. The molecule has 0 radical (unpaired) electrons. The maximum Gasteiger partial charge on any atom is 0.408 e. The lowest BCUT2D eigenvalue weighted by Gasteiger charge is -2.41. The van der Waals surface area contributed by atoms with E-state index < -0.39 is 17.6 Å². The molecule has 2 aromatic rings. The minimum absolute atomic E-state index is 0.0664. The molecule has 0 spiro atoms. The third-order valence-electron chi connectivity index (χ3n) is 7.24. The van der Waals surface area contributed by atoms with E-state index in [0.717, 1.165) is 35.1 Å². The molecule has 4 rings (SSSR count). The largest absolute Gasteiger partial charge is 0.481 e. The van der Waals surface area contributed by atoms with Crippen molar-refractivity contribution in [3.63, 3.8) is 0 Å². The minimum Gasteiger partial charge on any atom is -0.481 e. The van der Waals surface area contributed by atoms with E-state index in [1.807, 2.05) is 31.2 Å². The van der Waals surface area contributed by atoms with Crippen LogP contribution in [0.4, 0.5) is 4.79 Å². The van der Waals surface area contributed by atoms with E-state index in [4.69, 9.17) is 4.74 Å². The lowest BCUT2D eigenvalue weighted by Crippen LogP contribution is -2.61. The smallest absolute Gasteiger partial charge is 0.408 e. The van der Waals surface area contributed by atoms with Crippen LogP contribution in [0, 0.1) is 0 Å². The van der Waals surface area contributed by atoms with Gasteiger partial charge in [-0.2, -0.15) is 0 Å². The number of likely N-dealkylation sites (tertiary alicyclic amines) is 1. The highest BCUT2D eigenvalue weighted by atomic mass is 16.5. The van der Waals surface area contributed by atoms with Crippen LogP contribution in [0.15, 0.2) is 48.5 Å². The number of hydrogen-bond acceptors (Lipinski definition) is 4. The molecule has 1 saturated heterocycles. The Morgan fingerprint density at radius 1 is 1.06 bits per heavy atom. The number of nitrogens with zero attached hydrogens (tertiary/aromatic N) is 1. The van der Waals surface area contributed by atoms with Crippen molar-refractivity contribution >= 4 is 18.0 Å². The van der Waals surface area contributed by atoms with E-state index in [2.05, 4.69) is 29.6 Å². The molecule has 1 fully saturated rings. The molecule has 2 N–H and O–H groups in total. The van der Waals surface area contributed by atoms with E-state index >= 15 is 0 Å². The Kier molecular flexibility index (Phi) is 7.43. The number of rotatable bonds is 8. The van der Waals surface area contributed by atoms with Crippen LogP contribution >= 0.6 is 0 Å². The highest BCUT2D eigenvalue weighted by Crippen LogP contribution is 2.44. The molecule has 1 aliphatic carbocycles. The number of carboxylic acids is 1. The Morgan fingerprint density at radius 2 is 1.69 bits per heavy atom. The van der Waals surface area contributed by atoms with Crippen LogP contribution < -0.4 is 5.32 Å². The van der Waals surface area contributed by atoms with Gasteiger partial charge >= 0.3 is 12.1 Å². The van der Waals surface area contributed by atoms with Crippen LogP contribution in [0.2, 0.25) is 0 Å². The topological polar surface area (TPSA) is 95.9 Å². The fraction of sp³-hybridized carbons (Fsp3) is 0.464. The zero-order valence-corrected chi connectivity index (χ0v) is 20.5. The van der Waals surface area contributed by atoms with Crippen molar-refractivity contribution in [3.8, 4) is 11.1 Å². The Balaban J connectivity index is 1.46. The third-order valence-corrected chi connectivity index (χ3v) is 7.24. The number of ether oxygens (including phenoxy) is 1. The summed E-state index contributed by atoms with van der Waals surface area (Å²) in [4.78, 5) is 39.5. The number of amides is 2. The molecule has 0 bridgehead atoms. The van der Waals surface area contributed by atoms with Crippen LogP contribution in [0.25, 0.3) is 11.1 Å². The van der Waals surface area contributed by atoms with Gasteiger partial charge in [0.05, 0.1) is 6.42 Å². The first-order valence-corrected chi connectivity index (χ1v) is 12.5. The number of benzene rings is 2. The average Bonchev–Trinajstić information content (AvgIpc) is 3.16. The molecule has 0 saturated carbocycles. The fourth-order valence-corrected chi connectivity index (χ4v) is 5.58. The van der Waals surface area contributed by atoms with Gasteiger partial charge in [-0.15, -0.1) is 0 Å². The summed E-state index contributed by atoms with van der Waals surface area (Å²) < 4.78 is 5.70. The molecule has 35 heavy (non-hydrogen) atoms. The molecule has 7 nitrogen and oxygen atoms in total. The Hall–Kier alpha value is -3.35.